The van der Waals surface area contributed by atoms with Crippen molar-refractivity contribution < 1.29 is 27.9 Å². The molecule has 9 heteroatoms. The fraction of sp³-hybridized carbons (Fsp3) is 0.438. The minimum absolute atomic E-state index is 0.109. The number of sulfonamides is 1. The molecule has 1 saturated carbocycles. The number of amides is 2. The molecule has 2 amide bonds. The predicted molar refractivity (Wildman–Crippen MR) is 89.2 cm³/mol. The molecule has 3 N–H and O–H groups in total. The molecule has 2 atom stereocenters. The Hall–Kier alpha value is -2.42. The molecule has 1 aliphatic rings. The summed E-state index contributed by atoms with van der Waals surface area (Å²) in [4.78, 5) is 34.4. The smallest absolute Gasteiger partial charge is 0.307 e. The van der Waals surface area contributed by atoms with Crippen molar-refractivity contribution in [3.8, 4) is 0 Å². The zero-order valence-corrected chi connectivity index (χ0v) is 14.5. The molecule has 0 aromatic heterocycles. The van der Waals surface area contributed by atoms with Crippen LogP contribution in [0.4, 0.5) is 5.69 Å². The van der Waals surface area contributed by atoms with Gasteiger partial charge in [0, 0.05) is 12.6 Å². The van der Waals surface area contributed by atoms with Crippen LogP contribution in [0.15, 0.2) is 29.2 Å². The number of carbonyl (C=O) groups excluding carboxylic acids is 2. The zero-order valence-electron chi connectivity index (χ0n) is 13.7. The number of hydrogen-bond donors (Lipinski definition) is 3. The molecule has 8 nitrogen and oxygen atoms in total. The van der Waals surface area contributed by atoms with E-state index in [0.717, 1.165) is 19.8 Å². The van der Waals surface area contributed by atoms with Crippen molar-refractivity contribution >= 4 is 33.5 Å². The van der Waals surface area contributed by atoms with E-state index in [1.54, 1.807) is 0 Å². The van der Waals surface area contributed by atoms with Crippen molar-refractivity contribution in [3.63, 3.8) is 0 Å². The molecule has 1 aromatic carbocycles. The Bertz CT molecular complexity index is 772. The number of anilines is 1. The molecular formula is C16H20N2O6S. The summed E-state index contributed by atoms with van der Waals surface area (Å²) in [6.45, 7) is 1.09. The van der Waals surface area contributed by atoms with Crippen LogP contribution < -0.4 is 10.0 Å². The van der Waals surface area contributed by atoms with Crippen LogP contribution in [0.3, 0.4) is 0 Å². The van der Waals surface area contributed by atoms with Gasteiger partial charge >= 0.3 is 5.97 Å². The van der Waals surface area contributed by atoms with Crippen molar-refractivity contribution in [2.45, 2.75) is 37.5 Å². The first kappa shape index (κ1) is 18.9. The molecule has 2 rings (SSSR count). The highest BCUT2D eigenvalue weighted by molar-refractivity contribution is 7.90. The maximum atomic E-state index is 12.4. The van der Waals surface area contributed by atoms with Gasteiger partial charge in [0.1, 0.15) is 0 Å². The molecule has 136 valence electrons. The van der Waals surface area contributed by atoms with E-state index in [1.807, 2.05) is 4.72 Å². The summed E-state index contributed by atoms with van der Waals surface area (Å²) in [7, 11) is -3.94. The van der Waals surface area contributed by atoms with Gasteiger partial charge < -0.3 is 10.4 Å². The second-order valence-corrected chi connectivity index (χ2v) is 7.69. The number of nitrogens with one attached hydrogen (secondary N) is 2. The minimum Gasteiger partial charge on any atom is -0.481 e. The number of hydrogen-bond acceptors (Lipinski definition) is 5. The van der Waals surface area contributed by atoms with Gasteiger partial charge in [-0.25, -0.2) is 13.1 Å². The predicted octanol–water partition coefficient (Wildman–Crippen LogP) is 1.34. The van der Waals surface area contributed by atoms with Crippen LogP contribution in [0.2, 0.25) is 0 Å². The molecule has 1 fully saturated rings. The van der Waals surface area contributed by atoms with Crippen molar-refractivity contribution in [2.75, 3.05) is 5.32 Å². The molecule has 1 aromatic rings. The Kier molecular flexibility index (Phi) is 5.78. The molecule has 0 heterocycles. The fourth-order valence-corrected chi connectivity index (χ4v) is 3.93. The topological polar surface area (TPSA) is 130 Å². The molecule has 0 saturated heterocycles. The van der Waals surface area contributed by atoms with Gasteiger partial charge in [0.25, 0.3) is 10.0 Å². The highest BCUT2D eigenvalue weighted by Crippen LogP contribution is 2.31. The summed E-state index contributed by atoms with van der Waals surface area (Å²) in [5.74, 6) is -3.36. The molecule has 1 aliphatic carbocycles. The van der Waals surface area contributed by atoms with E-state index in [-0.39, 0.29) is 10.8 Å². The van der Waals surface area contributed by atoms with Crippen LogP contribution in [0.25, 0.3) is 0 Å². The lowest BCUT2D eigenvalue weighted by Gasteiger charge is -2.27. The van der Waals surface area contributed by atoms with Gasteiger partial charge in [-0.05, 0) is 37.1 Å². The van der Waals surface area contributed by atoms with E-state index in [0.29, 0.717) is 18.5 Å². The van der Waals surface area contributed by atoms with E-state index in [2.05, 4.69) is 5.32 Å². The highest BCUT2D eigenvalue weighted by atomic mass is 32.2. The van der Waals surface area contributed by atoms with Crippen LogP contribution in [0, 0.1) is 11.8 Å². The van der Waals surface area contributed by atoms with Crippen LogP contribution >= 0.6 is 0 Å². The SMILES string of the molecule is CC(=O)NS(=O)(=O)c1ccc(NC(=O)[C@H]2CCCC[C@@H]2C(=O)O)cc1. The number of benzene rings is 1. The van der Waals surface area contributed by atoms with E-state index in [9.17, 15) is 27.9 Å². The number of carbonyl (C=O) groups is 3. The molecule has 0 bridgehead atoms. The van der Waals surface area contributed by atoms with Crippen LogP contribution in [-0.2, 0) is 24.4 Å². The summed E-state index contributed by atoms with van der Waals surface area (Å²) >= 11 is 0. The van der Waals surface area contributed by atoms with Gasteiger partial charge in [0.15, 0.2) is 0 Å². The van der Waals surface area contributed by atoms with E-state index >= 15 is 0 Å². The standard InChI is InChI=1S/C16H20N2O6S/c1-10(19)18-25(23,24)12-8-6-11(7-9-12)17-15(20)13-4-2-3-5-14(13)16(21)22/h6-9,13-14H,2-5H2,1H3,(H,17,20)(H,18,19)(H,21,22)/t13-,14-/m0/s1. The number of aliphatic carboxylic acids is 1. The fourth-order valence-electron chi connectivity index (χ4n) is 2.94. The molecule has 0 aliphatic heterocycles. The summed E-state index contributed by atoms with van der Waals surface area (Å²) in [5.41, 5.74) is 0.362. The van der Waals surface area contributed by atoms with Crippen LogP contribution in [0.1, 0.15) is 32.6 Å². The third-order valence-electron chi connectivity index (χ3n) is 4.13. The quantitative estimate of drug-likeness (QED) is 0.719. The monoisotopic (exact) mass is 368 g/mol. The van der Waals surface area contributed by atoms with Gasteiger partial charge in [-0.1, -0.05) is 12.8 Å². The minimum atomic E-state index is -3.94. The average Bonchev–Trinajstić information content (AvgIpc) is 2.54. The zero-order chi connectivity index (χ0) is 18.6. The van der Waals surface area contributed by atoms with Gasteiger partial charge in [0.05, 0.1) is 16.7 Å². The third-order valence-corrected chi connectivity index (χ3v) is 5.58. The van der Waals surface area contributed by atoms with E-state index in [4.69, 9.17) is 0 Å². The molecule has 25 heavy (non-hydrogen) atoms. The first-order chi connectivity index (χ1) is 11.7. The van der Waals surface area contributed by atoms with Crippen molar-refractivity contribution in [2.24, 2.45) is 11.8 Å². The Morgan fingerprint density at radius 2 is 1.60 bits per heavy atom. The molecular weight excluding hydrogens is 348 g/mol. The number of rotatable bonds is 5. The van der Waals surface area contributed by atoms with Gasteiger partial charge in [-0.2, -0.15) is 0 Å². The lowest BCUT2D eigenvalue weighted by molar-refractivity contribution is -0.147. The van der Waals surface area contributed by atoms with Crippen molar-refractivity contribution in [1.82, 2.24) is 4.72 Å². The van der Waals surface area contributed by atoms with Gasteiger partial charge in [0.2, 0.25) is 11.8 Å². The highest BCUT2D eigenvalue weighted by Gasteiger charge is 2.35. The van der Waals surface area contributed by atoms with Crippen molar-refractivity contribution in [1.29, 1.82) is 0 Å². The number of carboxylic acids is 1. The van der Waals surface area contributed by atoms with Crippen LogP contribution in [-0.4, -0.2) is 31.3 Å². The molecule has 0 radical (unpaired) electrons. The Balaban J connectivity index is 2.09. The first-order valence-electron chi connectivity index (χ1n) is 7.88. The van der Waals surface area contributed by atoms with Crippen LogP contribution in [0.5, 0.6) is 0 Å². The summed E-state index contributed by atoms with van der Waals surface area (Å²) in [6.07, 6.45) is 2.57. The summed E-state index contributed by atoms with van der Waals surface area (Å²) in [5, 5.41) is 11.9. The Morgan fingerprint density at radius 3 is 2.12 bits per heavy atom. The normalized spacial score (nSPS) is 20.5. The molecule has 0 spiro atoms. The summed E-state index contributed by atoms with van der Waals surface area (Å²) in [6, 6.07) is 5.31. The largest absolute Gasteiger partial charge is 0.481 e. The average molecular weight is 368 g/mol. The maximum Gasteiger partial charge on any atom is 0.307 e. The number of carboxylic acid groups (broad SMARTS) is 1. The van der Waals surface area contributed by atoms with Gasteiger partial charge in [-0.15, -0.1) is 0 Å². The first-order valence-corrected chi connectivity index (χ1v) is 9.36. The summed E-state index contributed by atoms with van der Waals surface area (Å²) < 4.78 is 25.6. The van der Waals surface area contributed by atoms with Gasteiger partial charge in [-0.3, -0.25) is 14.4 Å². The lowest BCUT2D eigenvalue weighted by Crippen LogP contribution is -2.36. The van der Waals surface area contributed by atoms with E-state index < -0.39 is 33.7 Å². The third kappa shape index (κ3) is 4.79. The second kappa shape index (κ2) is 7.64. The second-order valence-electron chi connectivity index (χ2n) is 6.01. The Labute approximate surface area is 145 Å². The Morgan fingerprint density at radius 1 is 1.04 bits per heavy atom. The van der Waals surface area contributed by atoms with E-state index in [1.165, 1.54) is 24.3 Å². The van der Waals surface area contributed by atoms with Crippen molar-refractivity contribution in [3.05, 3.63) is 24.3 Å². The maximum absolute atomic E-state index is 12.4. The molecule has 0 unspecified atom stereocenters. The lowest BCUT2D eigenvalue weighted by atomic mass is 9.78.